The summed E-state index contributed by atoms with van der Waals surface area (Å²) in [6, 6.07) is 17.4. The first-order chi connectivity index (χ1) is 15.4. The number of carboxylic acid groups (broad SMARTS) is 1. The molecule has 0 spiro atoms. The fourth-order valence-electron chi connectivity index (χ4n) is 3.66. The molecule has 8 heteroatoms. The second-order valence-electron chi connectivity index (χ2n) is 7.74. The largest absolute Gasteiger partial charge is 0.492 e. The monoisotopic (exact) mass is 470 g/mol. The molecule has 1 amide bonds. The Hall–Kier alpha value is -3.09. The van der Waals surface area contributed by atoms with Crippen LogP contribution < -0.4 is 4.74 Å². The minimum atomic E-state index is -1.17. The van der Waals surface area contributed by atoms with Gasteiger partial charge in [0.2, 0.25) is 0 Å². The lowest BCUT2D eigenvalue weighted by atomic mass is 9.88. The zero-order chi connectivity index (χ0) is 22.7. The Morgan fingerprint density at radius 2 is 1.69 bits per heavy atom. The Morgan fingerprint density at radius 1 is 1.00 bits per heavy atom. The Kier molecular flexibility index (Phi) is 6.35. The van der Waals surface area contributed by atoms with Crippen molar-refractivity contribution in [3.8, 4) is 17.0 Å². The van der Waals surface area contributed by atoms with E-state index in [4.69, 9.17) is 27.9 Å². The first kappa shape index (κ1) is 22.1. The van der Waals surface area contributed by atoms with Gasteiger partial charge in [-0.25, -0.2) is 0 Å². The highest BCUT2D eigenvalue weighted by molar-refractivity contribution is 6.30. The van der Waals surface area contributed by atoms with Crippen LogP contribution in [0.25, 0.3) is 11.3 Å². The van der Waals surface area contributed by atoms with E-state index in [2.05, 4.69) is 4.98 Å². The highest BCUT2D eigenvalue weighted by Gasteiger charge is 2.47. The number of carboxylic acids is 1. The van der Waals surface area contributed by atoms with Crippen LogP contribution in [0.4, 0.5) is 0 Å². The number of ether oxygens (including phenoxy) is 1. The van der Waals surface area contributed by atoms with Crippen LogP contribution in [0.15, 0.2) is 66.9 Å². The molecule has 0 saturated carbocycles. The lowest BCUT2D eigenvalue weighted by molar-refractivity contribution is -0.149. The van der Waals surface area contributed by atoms with Gasteiger partial charge in [0.1, 0.15) is 17.8 Å². The first-order valence-electron chi connectivity index (χ1n) is 9.99. The number of likely N-dealkylation sites (tertiary alicyclic amines) is 1. The molecule has 1 aliphatic rings. The van der Waals surface area contributed by atoms with Crippen molar-refractivity contribution in [3.05, 3.63) is 82.5 Å². The van der Waals surface area contributed by atoms with E-state index in [1.807, 2.05) is 18.2 Å². The number of amides is 1. The molecular weight excluding hydrogens is 451 g/mol. The van der Waals surface area contributed by atoms with Gasteiger partial charge in [-0.2, -0.15) is 0 Å². The summed E-state index contributed by atoms with van der Waals surface area (Å²) in [6.45, 7) is 0.389. The van der Waals surface area contributed by atoms with Crippen LogP contribution in [0.3, 0.4) is 0 Å². The average Bonchev–Trinajstić information content (AvgIpc) is 3.25. The fourth-order valence-corrected chi connectivity index (χ4v) is 3.90. The Labute approximate surface area is 195 Å². The smallest absolute Gasteiger partial charge is 0.315 e. The number of nitrogens with zero attached hydrogens (tertiary/aromatic N) is 2. The van der Waals surface area contributed by atoms with E-state index in [1.54, 1.807) is 53.6 Å². The molecule has 0 bridgehead atoms. The summed E-state index contributed by atoms with van der Waals surface area (Å²) in [6.07, 6.45) is 1.89. The standard InChI is InChI=1S/C24H20Cl2N2O4/c25-18-5-1-17(2-6-18)22(29)28-12-11-24(14-28,23(30)31)15-32-20-8-3-16(4-9-20)21-10-7-19(26)13-27-21/h1-10,13H,11-12,14-15H2,(H,30,31). The van der Waals surface area contributed by atoms with Crippen LogP contribution in [0.5, 0.6) is 5.75 Å². The normalized spacial score (nSPS) is 17.9. The topological polar surface area (TPSA) is 79.7 Å². The third-order valence-corrected chi connectivity index (χ3v) is 6.05. The molecule has 2 aromatic carbocycles. The summed E-state index contributed by atoms with van der Waals surface area (Å²) in [5, 5.41) is 11.0. The number of rotatable bonds is 6. The maximum absolute atomic E-state index is 12.8. The Balaban J connectivity index is 1.42. The molecule has 164 valence electrons. The summed E-state index contributed by atoms with van der Waals surface area (Å²) >= 11 is 11.8. The summed E-state index contributed by atoms with van der Waals surface area (Å²) in [7, 11) is 0. The Morgan fingerprint density at radius 3 is 2.31 bits per heavy atom. The molecule has 0 radical (unpaired) electrons. The van der Waals surface area contributed by atoms with Crippen LogP contribution in [-0.2, 0) is 4.79 Å². The predicted octanol–water partition coefficient (Wildman–Crippen LogP) is 5.05. The van der Waals surface area contributed by atoms with Gasteiger partial charge in [-0.3, -0.25) is 14.6 Å². The van der Waals surface area contributed by atoms with Crippen LogP contribution in [0.1, 0.15) is 16.8 Å². The van der Waals surface area contributed by atoms with Crippen molar-refractivity contribution in [3.63, 3.8) is 0 Å². The molecule has 1 saturated heterocycles. The SMILES string of the molecule is O=C(c1ccc(Cl)cc1)N1CCC(COc2ccc(-c3ccc(Cl)cn3)cc2)(C(=O)O)C1. The summed E-state index contributed by atoms with van der Waals surface area (Å²) < 4.78 is 5.84. The highest BCUT2D eigenvalue weighted by atomic mass is 35.5. The van der Waals surface area contributed by atoms with Gasteiger partial charge in [-0.05, 0) is 67.1 Å². The minimum absolute atomic E-state index is 0.0364. The second kappa shape index (κ2) is 9.18. The zero-order valence-corrected chi connectivity index (χ0v) is 18.5. The van der Waals surface area contributed by atoms with Gasteiger partial charge in [0.15, 0.2) is 0 Å². The summed E-state index contributed by atoms with van der Waals surface area (Å²) in [5.74, 6) is -0.652. The fraction of sp³-hybridized carbons (Fsp3) is 0.208. The van der Waals surface area contributed by atoms with Crippen LogP contribution in [0, 0.1) is 5.41 Å². The molecule has 1 aromatic heterocycles. The number of aliphatic carboxylic acids is 1. The van der Waals surface area contributed by atoms with E-state index in [0.717, 1.165) is 11.3 Å². The third kappa shape index (κ3) is 4.71. The van der Waals surface area contributed by atoms with Gasteiger partial charge in [-0.15, -0.1) is 0 Å². The van der Waals surface area contributed by atoms with Gasteiger partial charge in [0.05, 0.1) is 10.7 Å². The van der Waals surface area contributed by atoms with Gasteiger partial charge < -0.3 is 14.7 Å². The molecular formula is C24H20Cl2N2O4. The molecule has 2 heterocycles. The predicted molar refractivity (Wildman–Crippen MR) is 122 cm³/mol. The van der Waals surface area contributed by atoms with E-state index in [-0.39, 0.29) is 19.1 Å². The van der Waals surface area contributed by atoms with Crippen LogP contribution in [0.2, 0.25) is 10.0 Å². The van der Waals surface area contributed by atoms with Crippen molar-refractivity contribution in [2.24, 2.45) is 5.41 Å². The van der Waals surface area contributed by atoms with Gasteiger partial charge >= 0.3 is 5.97 Å². The zero-order valence-electron chi connectivity index (χ0n) is 17.0. The molecule has 1 fully saturated rings. The van der Waals surface area contributed by atoms with Crippen molar-refractivity contribution >= 4 is 35.1 Å². The number of carbonyl (C=O) groups is 2. The summed E-state index contributed by atoms with van der Waals surface area (Å²) in [5.41, 5.74) is 0.971. The van der Waals surface area contributed by atoms with Crippen molar-refractivity contribution in [1.29, 1.82) is 0 Å². The number of pyridine rings is 1. The van der Waals surface area contributed by atoms with Crippen molar-refractivity contribution in [1.82, 2.24) is 9.88 Å². The van der Waals surface area contributed by atoms with E-state index in [9.17, 15) is 14.7 Å². The van der Waals surface area contributed by atoms with Gasteiger partial charge in [0.25, 0.3) is 5.91 Å². The number of hydrogen-bond acceptors (Lipinski definition) is 4. The molecule has 32 heavy (non-hydrogen) atoms. The van der Waals surface area contributed by atoms with Gasteiger partial charge in [-0.1, -0.05) is 23.2 Å². The van der Waals surface area contributed by atoms with E-state index in [0.29, 0.717) is 34.3 Å². The highest BCUT2D eigenvalue weighted by Crippen LogP contribution is 2.33. The maximum Gasteiger partial charge on any atom is 0.315 e. The summed E-state index contributed by atoms with van der Waals surface area (Å²) in [4.78, 5) is 30.7. The third-order valence-electron chi connectivity index (χ3n) is 5.58. The molecule has 1 unspecified atom stereocenters. The molecule has 3 aromatic rings. The molecule has 0 aliphatic carbocycles. The molecule has 1 atom stereocenters. The number of benzene rings is 2. The molecule has 1 aliphatic heterocycles. The quantitative estimate of drug-likeness (QED) is 0.544. The molecule has 1 N–H and O–H groups in total. The minimum Gasteiger partial charge on any atom is -0.492 e. The van der Waals surface area contributed by atoms with E-state index < -0.39 is 11.4 Å². The number of carbonyl (C=O) groups excluding carboxylic acids is 1. The molecule has 4 rings (SSSR count). The van der Waals surface area contributed by atoms with Crippen molar-refractivity contribution in [2.45, 2.75) is 6.42 Å². The van der Waals surface area contributed by atoms with Crippen molar-refractivity contribution < 1.29 is 19.4 Å². The van der Waals surface area contributed by atoms with Crippen LogP contribution >= 0.6 is 23.2 Å². The van der Waals surface area contributed by atoms with Gasteiger partial charge in [0, 0.05) is 35.4 Å². The number of aromatic nitrogens is 1. The Bertz CT molecular complexity index is 1120. The number of hydrogen-bond donors (Lipinski definition) is 1. The van der Waals surface area contributed by atoms with Crippen LogP contribution in [-0.4, -0.2) is 46.6 Å². The lowest BCUT2D eigenvalue weighted by Crippen LogP contribution is -2.41. The molecule has 6 nitrogen and oxygen atoms in total. The average molecular weight is 471 g/mol. The van der Waals surface area contributed by atoms with E-state index >= 15 is 0 Å². The first-order valence-corrected chi connectivity index (χ1v) is 10.7. The second-order valence-corrected chi connectivity index (χ2v) is 8.62. The lowest BCUT2D eigenvalue weighted by Gasteiger charge is -2.25. The van der Waals surface area contributed by atoms with E-state index in [1.165, 1.54) is 0 Å². The maximum atomic E-state index is 12.8. The van der Waals surface area contributed by atoms with Crippen molar-refractivity contribution in [2.75, 3.05) is 19.7 Å². The number of halogens is 2.